The van der Waals surface area contributed by atoms with Crippen molar-refractivity contribution in [3.8, 4) is 17.5 Å². The number of hydrogen-bond acceptors (Lipinski definition) is 8. The SMILES string of the molecule is COCCN1CCN(c2ccc(-c3nc4c(NC5CCN(CCC#N)CC5)c(Br)cnc4[nH]3)c(F)c2)CC1. The Labute approximate surface area is 231 Å². The van der Waals surface area contributed by atoms with Crippen molar-refractivity contribution in [3.63, 3.8) is 0 Å². The van der Waals surface area contributed by atoms with Crippen LogP contribution in [0, 0.1) is 17.1 Å². The number of H-pyrrole nitrogens is 1. The highest BCUT2D eigenvalue weighted by atomic mass is 79.9. The summed E-state index contributed by atoms with van der Waals surface area (Å²) in [6.45, 7) is 7.97. The van der Waals surface area contributed by atoms with Gasteiger partial charge < -0.3 is 24.8 Å². The average molecular weight is 586 g/mol. The highest BCUT2D eigenvalue weighted by Crippen LogP contribution is 2.33. The fourth-order valence-electron chi connectivity index (χ4n) is 5.25. The lowest BCUT2D eigenvalue weighted by Gasteiger charge is -2.36. The van der Waals surface area contributed by atoms with E-state index in [2.05, 4.69) is 52.0 Å². The maximum Gasteiger partial charge on any atom is 0.159 e. The van der Waals surface area contributed by atoms with Crippen LogP contribution in [-0.2, 0) is 4.74 Å². The van der Waals surface area contributed by atoms with Gasteiger partial charge in [-0.15, -0.1) is 0 Å². The van der Waals surface area contributed by atoms with E-state index in [0.717, 1.165) is 87.7 Å². The number of pyridine rings is 1. The highest BCUT2D eigenvalue weighted by molar-refractivity contribution is 9.10. The van der Waals surface area contributed by atoms with Gasteiger partial charge in [-0.3, -0.25) is 4.90 Å². The number of nitrogens with zero attached hydrogens (tertiary/aromatic N) is 6. The third-order valence-corrected chi connectivity index (χ3v) is 8.10. The van der Waals surface area contributed by atoms with Gasteiger partial charge in [0, 0.05) is 83.8 Å². The molecule has 2 saturated heterocycles. The lowest BCUT2D eigenvalue weighted by atomic mass is 10.0. The molecule has 2 N–H and O–H groups in total. The number of piperazine rings is 1. The Kier molecular flexibility index (Phi) is 8.74. The summed E-state index contributed by atoms with van der Waals surface area (Å²) in [7, 11) is 1.72. The molecule has 0 atom stereocenters. The molecule has 0 amide bonds. The molecule has 2 aromatic heterocycles. The zero-order valence-corrected chi connectivity index (χ0v) is 23.3. The number of nitriles is 1. The molecule has 11 heteroatoms. The first kappa shape index (κ1) is 26.8. The largest absolute Gasteiger partial charge is 0.383 e. The van der Waals surface area contributed by atoms with E-state index in [4.69, 9.17) is 15.0 Å². The molecule has 38 heavy (non-hydrogen) atoms. The summed E-state index contributed by atoms with van der Waals surface area (Å²) >= 11 is 3.63. The minimum atomic E-state index is -0.304. The van der Waals surface area contributed by atoms with Crippen LogP contribution in [0.15, 0.2) is 28.9 Å². The van der Waals surface area contributed by atoms with Crippen molar-refractivity contribution in [2.75, 3.05) is 76.3 Å². The zero-order valence-electron chi connectivity index (χ0n) is 21.7. The molecule has 4 heterocycles. The number of fused-ring (bicyclic) bond motifs is 1. The molecule has 0 radical (unpaired) electrons. The lowest BCUT2D eigenvalue weighted by Crippen LogP contribution is -2.47. The predicted octanol–water partition coefficient (Wildman–Crippen LogP) is 4.08. The van der Waals surface area contributed by atoms with Crippen molar-refractivity contribution < 1.29 is 9.13 Å². The van der Waals surface area contributed by atoms with Crippen molar-refractivity contribution in [2.45, 2.75) is 25.3 Å². The molecule has 202 valence electrons. The molecule has 3 aromatic rings. The van der Waals surface area contributed by atoms with E-state index in [9.17, 15) is 0 Å². The van der Waals surface area contributed by atoms with Crippen LogP contribution in [0.4, 0.5) is 15.8 Å². The number of ether oxygens (including phenoxy) is 1. The fourth-order valence-corrected chi connectivity index (χ4v) is 5.66. The number of aromatic nitrogens is 3. The van der Waals surface area contributed by atoms with E-state index < -0.39 is 0 Å². The molecule has 2 aliphatic heterocycles. The standard InChI is InChI=1S/C27H34BrFN8O/c1-38-16-15-36-11-13-37(14-12-36)20-3-4-21(23(29)17-20)26-33-25-24(22(28)18-31-27(25)34-26)32-19-5-9-35(10-6-19)8-2-7-30/h3-4,17-19H,2,5-6,8-16H2,1H3,(H2,31,32,33,34). The molecule has 5 rings (SSSR count). The summed E-state index contributed by atoms with van der Waals surface area (Å²) in [5.41, 5.74) is 3.50. The summed E-state index contributed by atoms with van der Waals surface area (Å²) < 4.78 is 21.4. The lowest BCUT2D eigenvalue weighted by molar-refractivity contribution is 0.144. The first-order valence-electron chi connectivity index (χ1n) is 13.2. The molecule has 0 spiro atoms. The predicted molar refractivity (Wildman–Crippen MR) is 151 cm³/mol. The Morgan fingerprint density at radius 1 is 1.16 bits per heavy atom. The number of anilines is 2. The van der Waals surface area contributed by atoms with Crippen molar-refractivity contribution in [2.24, 2.45) is 0 Å². The molecular formula is C27H34BrFN8O. The maximum atomic E-state index is 15.4. The van der Waals surface area contributed by atoms with Crippen LogP contribution in [0.3, 0.4) is 0 Å². The smallest absolute Gasteiger partial charge is 0.159 e. The third kappa shape index (κ3) is 6.10. The first-order chi connectivity index (χ1) is 18.6. The third-order valence-electron chi connectivity index (χ3n) is 7.50. The number of piperidine rings is 1. The van der Waals surface area contributed by atoms with Gasteiger partial charge in [0.2, 0.25) is 0 Å². The quantitative estimate of drug-likeness (QED) is 0.388. The van der Waals surface area contributed by atoms with E-state index >= 15 is 4.39 Å². The van der Waals surface area contributed by atoms with Crippen molar-refractivity contribution in [3.05, 3.63) is 34.7 Å². The molecule has 1 aromatic carbocycles. The molecule has 0 unspecified atom stereocenters. The topological polar surface area (TPSA) is 96.3 Å². The number of rotatable bonds is 9. The average Bonchev–Trinajstić information content (AvgIpc) is 3.37. The molecule has 0 aliphatic carbocycles. The molecule has 0 saturated carbocycles. The van der Waals surface area contributed by atoms with Gasteiger partial charge in [0.1, 0.15) is 17.2 Å². The van der Waals surface area contributed by atoms with Crippen LogP contribution in [0.2, 0.25) is 0 Å². The van der Waals surface area contributed by atoms with Gasteiger partial charge in [-0.1, -0.05) is 0 Å². The molecule has 0 bridgehead atoms. The van der Waals surface area contributed by atoms with Crippen molar-refractivity contribution in [1.29, 1.82) is 5.26 Å². The van der Waals surface area contributed by atoms with Crippen LogP contribution < -0.4 is 10.2 Å². The van der Waals surface area contributed by atoms with Crippen molar-refractivity contribution >= 4 is 38.5 Å². The van der Waals surface area contributed by atoms with Crippen LogP contribution in [0.5, 0.6) is 0 Å². The normalized spacial score (nSPS) is 17.7. The molecule has 2 aliphatic rings. The van der Waals surface area contributed by atoms with Crippen LogP contribution in [-0.4, -0.2) is 96.9 Å². The van der Waals surface area contributed by atoms with E-state index in [-0.39, 0.29) is 5.82 Å². The maximum absolute atomic E-state index is 15.4. The number of methoxy groups -OCH3 is 1. The summed E-state index contributed by atoms with van der Waals surface area (Å²) in [5.74, 6) is 0.162. The van der Waals surface area contributed by atoms with Crippen LogP contribution >= 0.6 is 15.9 Å². The minimum Gasteiger partial charge on any atom is -0.383 e. The summed E-state index contributed by atoms with van der Waals surface area (Å²) in [4.78, 5) is 19.4. The number of nitrogens with one attached hydrogen (secondary N) is 2. The van der Waals surface area contributed by atoms with E-state index in [0.29, 0.717) is 35.0 Å². The van der Waals surface area contributed by atoms with Gasteiger partial charge in [-0.25, -0.2) is 14.4 Å². The number of benzene rings is 1. The van der Waals surface area contributed by atoms with Gasteiger partial charge >= 0.3 is 0 Å². The monoisotopic (exact) mass is 584 g/mol. The Morgan fingerprint density at radius 3 is 2.63 bits per heavy atom. The summed E-state index contributed by atoms with van der Waals surface area (Å²) in [6, 6.07) is 7.90. The number of hydrogen-bond donors (Lipinski definition) is 2. The Hall–Kier alpha value is -2.78. The number of imidazole rings is 1. The fraction of sp³-hybridized carbons (Fsp3) is 0.519. The van der Waals surface area contributed by atoms with E-state index in [1.54, 1.807) is 25.4 Å². The molecule has 2 fully saturated rings. The Balaban J connectivity index is 1.29. The second-order valence-electron chi connectivity index (χ2n) is 9.92. The van der Waals surface area contributed by atoms with Gasteiger partial charge in [-0.05, 0) is 47.0 Å². The van der Waals surface area contributed by atoms with Gasteiger partial charge in [0.15, 0.2) is 5.65 Å². The summed E-state index contributed by atoms with van der Waals surface area (Å²) in [6.07, 6.45) is 4.28. The Morgan fingerprint density at radius 2 is 1.92 bits per heavy atom. The second-order valence-corrected chi connectivity index (χ2v) is 10.8. The van der Waals surface area contributed by atoms with E-state index in [1.165, 1.54) is 0 Å². The number of likely N-dealkylation sites (tertiary alicyclic amines) is 1. The number of aromatic amines is 1. The van der Waals surface area contributed by atoms with Gasteiger partial charge in [0.25, 0.3) is 0 Å². The van der Waals surface area contributed by atoms with E-state index in [1.807, 2.05) is 6.07 Å². The van der Waals surface area contributed by atoms with Crippen molar-refractivity contribution in [1.82, 2.24) is 24.8 Å². The minimum absolute atomic E-state index is 0.293. The second kappa shape index (κ2) is 12.4. The van der Waals surface area contributed by atoms with Gasteiger partial charge in [-0.2, -0.15) is 5.26 Å². The zero-order chi connectivity index (χ0) is 26.5. The van der Waals surface area contributed by atoms with Crippen LogP contribution in [0.25, 0.3) is 22.6 Å². The Bertz CT molecular complexity index is 1280. The van der Waals surface area contributed by atoms with Crippen LogP contribution in [0.1, 0.15) is 19.3 Å². The summed E-state index contributed by atoms with van der Waals surface area (Å²) in [5, 5.41) is 12.5. The molecule has 9 nitrogen and oxygen atoms in total. The number of halogens is 2. The van der Waals surface area contributed by atoms with Gasteiger partial charge in [0.05, 0.1) is 28.4 Å². The molecular weight excluding hydrogens is 551 g/mol. The first-order valence-corrected chi connectivity index (χ1v) is 14.0. The highest BCUT2D eigenvalue weighted by Gasteiger charge is 2.23.